The maximum atomic E-state index is 12.8. The molecule has 0 aromatic heterocycles. The molecule has 0 spiro atoms. The van der Waals surface area contributed by atoms with E-state index in [4.69, 9.17) is 12.2 Å². The molecule has 0 atom stereocenters. The summed E-state index contributed by atoms with van der Waals surface area (Å²) >= 11 is 8.50. The molecule has 0 saturated carbocycles. The van der Waals surface area contributed by atoms with Crippen LogP contribution in [0.4, 0.5) is 18.9 Å². The van der Waals surface area contributed by atoms with Crippen molar-refractivity contribution in [2.24, 2.45) is 0 Å². The molecule has 0 bridgehead atoms. The minimum absolute atomic E-state index is 0.0914. The maximum Gasteiger partial charge on any atom is 0.416 e. The van der Waals surface area contributed by atoms with E-state index in [0.717, 1.165) is 27.4 Å². The predicted molar refractivity (Wildman–Crippen MR) is 107 cm³/mol. The normalized spacial score (nSPS) is 11.3. The highest BCUT2D eigenvalue weighted by molar-refractivity contribution is 9.10. The molecule has 1 amide bonds. The summed E-state index contributed by atoms with van der Waals surface area (Å²) in [5.41, 5.74) is -0.265. The van der Waals surface area contributed by atoms with Crippen LogP contribution >= 0.6 is 28.1 Å². The van der Waals surface area contributed by atoms with Crippen molar-refractivity contribution >= 4 is 55.6 Å². The summed E-state index contributed by atoms with van der Waals surface area (Å²) in [6.07, 6.45) is -4.46. The number of fused-ring (bicyclic) bond motifs is 1. The number of halogens is 4. The van der Waals surface area contributed by atoms with Gasteiger partial charge in [-0.3, -0.25) is 10.1 Å². The van der Waals surface area contributed by atoms with Crippen molar-refractivity contribution in [1.29, 1.82) is 0 Å². The van der Waals surface area contributed by atoms with Crippen LogP contribution in [0.25, 0.3) is 10.8 Å². The van der Waals surface area contributed by atoms with Crippen LogP contribution in [0.5, 0.6) is 0 Å². The predicted octanol–water partition coefficient (Wildman–Crippen LogP) is 5.75. The van der Waals surface area contributed by atoms with E-state index in [1.807, 2.05) is 18.2 Å². The second kappa shape index (κ2) is 7.66. The van der Waals surface area contributed by atoms with Gasteiger partial charge >= 0.3 is 6.18 Å². The van der Waals surface area contributed by atoms with Gasteiger partial charge in [-0.25, -0.2) is 0 Å². The van der Waals surface area contributed by atoms with E-state index in [1.165, 1.54) is 12.1 Å². The number of anilines is 1. The number of nitrogens with one attached hydrogen (secondary N) is 2. The number of thiocarbonyl (C=S) groups is 1. The van der Waals surface area contributed by atoms with Crippen LogP contribution in [0.1, 0.15) is 15.9 Å². The van der Waals surface area contributed by atoms with Crippen LogP contribution in [0, 0.1) is 0 Å². The summed E-state index contributed by atoms with van der Waals surface area (Å²) in [5, 5.41) is 6.60. The number of benzene rings is 3. The van der Waals surface area contributed by atoms with Crippen molar-refractivity contribution in [2.45, 2.75) is 6.18 Å². The topological polar surface area (TPSA) is 41.1 Å². The van der Waals surface area contributed by atoms with Gasteiger partial charge in [-0.15, -0.1) is 0 Å². The van der Waals surface area contributed by atoms with Gasteiger partial charge in [0.25, 0.3) is 5.91 Å². The summed E-state index contributed by atoms with van der Waals surface area (Å²) in [5.74, 6) is -0.455. The van der Waals surface area contributed by atoms with Gasteiger partial charge in [0.2, 0.25) is 0 Å². The average molecular weight is 453 g/mol. The van der Waals surface area contributed by atoms with E-state index >= 15 is 0 Å². The first-order valence-corrected chi connectivity index (χ1v) is 8.92. The molecule has 0 heterocycles. The van der Waals surface area contributed by atoms with Gasteiger partial charge in [0.15, 0.2) is 5.11 Å². The Morgan fingerprint density at radius 3 is 2.37 bits per heavy atom. The molecule has 0 radical (unpaired) electrons. The number of hydrogen-bond acceptors (Lipinski definition) is 2. The Hall–Kier alpha value is -2.45. The Morgan fingerprint density at radius 2 is 1.63 bits per heavy atom. The lowest BCUT2D eigenvalue weighted by Crippen LogP contribution is -2.34. The molecule has 0 aliphatic heterocycles. The molecule has 3 nitrogen and oxygen atoms in total. The van der Waals surface area contributed by atoms with Gasteiger partial charge in [0.1, 0.15) is 0 Å². The highest BCUT2D eigenvalue weighted by Gasteiger charge is 2.30. The lowest BCUT2D eigenvalue weighted by molar-refractivity contribution is -0.137. The van der Waals surface area contributed by atoms with E-state index in [1.54, 1.807) is 18.2 Å². The smallest absolute Gasteiger partial charge is 0.332 e. The molecule has 0 unspecified atom stereocenters. The van der Waals surface area contributed by atoms with Crippen molar-refractivity contribution in [1.82, 2.24) is 5.32 Å². The van der Waals surface area contributed by atoms with Gasteiger partial charge in [0, 0.05) is 15.7 Å². The van der Waals surface area contributed by atoms with Crippen LogP contribution in [0.2, 0.25) is 0 Å². The fourth-order valence-electron chi connectivity index (χ4n) is 2.58. The minimum Gasteiger partial charge on any atom is -0.332 e. The zero-order valence-corrected chi connectivity index (χ0v) is 16.0. The van der Waals surface area contributed by atoms with Crippen LogP contribution in [0.3, 0.4) is 0 Å². The summed E-state index contributed by atoms with van der Waals surface area (Å²) in [7, 11) is 0. The number of amides is 1. The molecule has 3 aromatic rings. The lowest BCUT2D eigenvalue weighted by atomic mass is 10.0. The quantitative estimate of drug-likeness (QED) is 0.486. The lowest BCUT2D eigenvalue weighted by Gasteiger charge is -2.13. The molecule has 3 rings (SSSR count). The van der Waals surface area contributed by atoms with E-state index in [2.05, 4.69) is 26.6 Å². The highest BCUT2D eigenvalue weighted by atomic mass is 79.9. The first-order valence-electron chi connectivity index (χ1n) is 7.72. The van der Waals surface area contributed by atoms with Crippen molar-refractivity contribution in [2.75, 3.05) is 5.32 Å². The van der Waals surface area contributed by atoms with Crippen molar-refractivity contribution < 1.29 is 18.0 Å². The summed E-state index contributed by atoms with van der Waals surface area (Å²) in [4.78, 5) is 12.6. The van der Waals surface area contributed by atoms with Crippen molar-refractivity contribution in [3.63, 3.8) is 0 Å². The molecule has 0 aliphatic rings. The second-order valence-electron chi connectivity index (χ2n) is 5.63. The number of carbonyl (C=O) groups is 1. The van der Waals surface area contributed by atoms with Crippen molar-refractivity contribution in [3.05, 3.63) is 76.3 Å². The van der Waals surface area contributed by atoms with Crippen LogP contribution in [-0.4, -0.2) is 11.0 Å². The highest BCUT2D eigenvalue weighted by Crippen LogP contribution is 2.30. The SMILES string of the molecule is O=C(NC(=S)Nc1cccc(C(F)(F)F)c1)c1cccc2c(Br)cccc12. The number of hydrogen-bond donors (Lipinski definition) is 2. The summed E-state index contributed by atoms with van der Waals surface area (Å²) < 4.78 is 39.2. The third kappa shape index (κ3) is 4.45. The average Bonchev–Trinajstić information content (AvgIpc) is 2.61. The molecule has 27 heavy (non-hydrogen) atoms. The van der Waals surface area contributed by atoms with Gasteiger partial charge in [-0.1, -0.05) is 46.3 Å². The number of carbonyl (C=O) groups excluding carboxylic acids is 1. The monoisotopic (exact) mass is 452 g/mol. The Balaban J connectivity index is 1.78. The Bertz CT molecular complexity index is 1040. The first-order chi connectivity index (χ1) is 12.8. The molecule has 138 valence electrons. The Labute approximate surface area is 166 Å². The van der Waals surface area contributed by atoms with Crippen LogP contribution in [-0.2, 0) is 6.18 Å². The van der Waals surface area contributed by atoms with Gasteiger partial charge in [0.05, 0.1) is 5.56 Å². The Kier molecular flexibility index (Phi) is 5.48. The zero-order chi connectivity index (χ0) is 19.6. The standard InChI is InChI=1S/C19H12BrF3N2OS/c20-16-9-3-6-13-14(16)7-2-8-15(13)17(26)25-18(27)24-12-5-1-4-11(10-12)19(21,22)23/h1-10H,(H2,24,25,26,27). The number of rotatable bonds is 2. The fourth-order valence-corrected chi connectivity index (χ4v) is 3.28. The molecule has 8 heteroatoms. The van der Waals surface area contributed by atoms with E-state index < -0.39 is 17.6 Å². The third-order valence-corrected chi connectivity index (χ3v) is 4.68. The second-order valence-corrected chi connectivity index (χ2v) is 6.89. The number of alkyl halides is 3. The van der Waals surface area contributed by atoms with E-state index in [9.17, 15) is 18.0 Å². The van der Waals surface area contributed by atoms with Gasteiger partial charge in [-0.05, 0) is 53.3 Å². The summed E-state index contributed by atoms with van der Waals surface area (Å²) in [6, 6.07) is 15.3. The maximum absolute atomic E-state index is 12.8. The molecule has 2 N–H and O–H groups in total. The fraction of sp³-hybridized carbons (Fsp3) is 0.0526. The molecule has 3 aromatic carbocycles. The molecule has 0 aliphatic carbocycles. The molecular weight excluding hydrogens is 441 g/mol. The minimum atomic E-state index is -4.46. The molecule has 0 fully saturated rings. The van der Waals surface area contributed by atoms with Crippen molar-refractivity contribution in [3.8, 4) is 0 Å². The molecule has 0 saturated heterocycles. The first kappa shape index (κ1) is 19.3. The van der Waals surface area contributed by atoms with E-state index in [-0.39, 0.29) is 10.8 Å². The van der Waals surface area contributed by atoms with Gasteiger partial charge in [-0.2, -0.15) is 13.2 Å². The van der Waals surface area contributed by atoms with Gasteiger partial charge < -0.3 is 5.32 Å². The third-order valence-electron chi connectivity index (χ3n) is 3.79. The van der Waals surface area contributed by atoms with Crippen LogP contribution in [0.15, 0.2) is 65.1 Å². The zero-order valence-electron chi connectivity index (χ0n) is 13.6. The van der Waals surface area contributed by atoms with E-state index in [0.29, 0.717) is 5.56 Å². The Morgan fingerprint density at radius 1 is 0.963 bits per heavy atom. The summed E-state index contributed by atoms with van der Waals surface area (Å²) in [6.45, 7) is 0. The van der Waals surface area contributed by atoms with Crippen LogP contribution < -0.4 is 10.6 Å². The largest absolute Gasteiger partial charge is 0.416 e. The molecular formula is C19H12BrF3N2OS.